The summed E-state index contributed by atoms with van der Waals surface area (Å²) < 4.78 is 49.7. The number of sulfonamides is 1. The first kappa shape index (κ1) is 24.6. The molecule has 33 heavy (non-hydrogen) atoms. The van der Waals surface area contributed by atoms with Crippen molar-refractivity contribution >= 4 is 37.1 Å². The van der Waals surface area contributed by atoms with Crippen LogP contribution in [0.3, 0.4) is 0 Å². The van der Waals surface area contributed by atoms with E-state index < -0.39 is 30.7 Å². The minimum atomic E-state index is -3.59. The third kappa shape index (κ3) is 5.86. The molecule has 0 bridgehead atoms. The van der Waals surface area contributed by atoms with Crippen LogP contribution in [0.5, 0.6) is 0 Å². The summed E-state index contributed by atoms with van der Waals surface area (Å²) >= 11 is 0. The topological polar surface area (TPSA) is 156 Å². The third-order valence-electron chi connectivity index (χ3n) is 5.14. The van der Waals surface area contributed by atoms with Gasteiger partial charge >= 0.3 is 0 Å². The summed E-state index contributed by atoms with van der Waals surface area (Å²) in [6.07, 6.45) is 2.63. The second kappa shape index (κ2) is 9.85. The fraction of sp³-hybridized carbons (Fsp3) is 0.350. The molecule has 1 saturated heterocycles. The molecule has 2 N–H and O–H groups in total. The number of sulfone groups is 1. The Kier molecular flexibility index (Phi) is 7.34. The molecule has 2 aromatic rings. The van der Waals surface area contributed by atoms with Crippen molar-refractivity contribution in [3.8, 4) is 0 Å². The van der Waals surface area contributed by atoms with E-state index in [2.05, 4.69) is 10.6 Å². The maximum absolute atomic E-state index is 12.5. The number of carbonyl (C=O) groups is 1. The van der Waals surface area contributed by atoms with E-state index in [1.165, 1.54) is 40.7 Å². The van der Waals surface area contributed by atoms with Crippen LogP contribution in [-0.4, -0.2) is 64.4 Å². The minimum absolute atomic E-state index is 0.123. The van der Waals surface area contributed by atoms with Crippen LogP contribution in [0.4, 0.5) is 11.4 Å². The van der Waals surface area contributed by atoms with E-state index in [9.17, 15) is 31.7 Å². The normalized spacial score (nSPS) is 14.7. The Balaban J connectivity index is 1.57. The lowest BCUT2D eigenvalue weighted by Gasteiger charge is -2.15. The van der Waals surface area contributed by atoms with Gasteiger partial charge < -0.3 is 10.6 Å². The van der Waals surface area contributed by atoms with Crippen LogP contribution in [-0.2, 0) is 19.9 Å². The summed E-state index contributed by atoms with van der Waals surface area (Å²) in [6, 6.07) is 9.20. The number of nitrogens with zero attached hydrogens (tertiary/aromatic N) is 2. The SMILES string of the molecule is CS(=O)(=O)c1ccc(NCCNC(=O)c2ccc(S(=O)(=O)N3CCCC3)cc2)c([N+](=O)[O-])c1. The van der Waals surface area contributed by atoms with Gasteiger partial charge in [-0.3, -0.25) is 14.9 Å². The number of nitro groups is 1. The van der Waals surface area contributed by atoms with Gasteiger partial charge in [-0.05, 0) is 49.2 Å². The molecule has 0 aromatic heterocycles. The summed E-state index contributed by atoms with van der Waals surface area (Å²) in [5.74, 6) is -0.427. The number of nitrogens with one attached hydrogen (secondary N) is 2. The first-order chi connectivity index (χ1) is 15.5. The molecule has 178 valence electrons. The molecule has 11 nitrogen and oxygen atoms in total. The maximum atomic E-state index is 12.5. The molecule has 2 aromatic carbocycles. The zero-order valence-corrected chi connectivity index (χ0v) is 19.5. The van der Waals surface area contributed by atoms with Crippen molar-refractivity contribution in [3.05, 3.63) is 58.1 Å². The highest BCUT2D eigenvalue weighted by molar-refractivity contribution is 7.90. The van der Waals surface area contributed by atoms with E-state index in [-0.39, 0.29) is 39.8 Å². The molecular weight excluding hydrogens is 472 g/mol. The standard InChI is InChI=1S/C20H24N4O7S2/c1-32(28,29)17-8-9-18(19(14-17)24(26)27)21-10-11-22-20(25)15-4-6-16(7-5-15)33(30,31)23-12-2-3-13-23/h4-9,14,21H,2-3,10-13H2,1H3,(H,22,25). The van der Waals surface area contributed by atoms with Crippen molar-refractivity contribution in [3.63, 3.8) is 0 Å². The molecule has 1 aliphatic rings. The zero-order chi connectivity index (χ0) is 24.2. The first-order valence-corrected chi connectivity index (χ1v) is 13.4. The van der Waals surface area contributed by atoms with Gasteiger partial charge in [-0.1, -0.05) is 0 Å². The Labute approximate surface area is 191 Å². The van der Waals surface area contributed by atoms with Crippen molar-refractivity contribution in [1.82, 2.24) is 9.62 Å². The Morgan fingerprint density at radius 2 is 1.61 bits per heavy atom. The quantitative estimate of drug-likeness (QED) is 0.301. The third-order valence-corrected chi connectivity index (χ3v) is 8.16. The molecule has 0 saturated carbocycles. The lowest BCUT2D eigenvalue weighted by Crippen LogP contribution is -2.29. The fourth-order valence-electron chi connectivity index (χ4n) is 3.37. The lowest BCUT2D eigenvalue weighted by molar-refractivity contribution is -0.384. The van der Waals surface area contributed by atoms with E-state index in [0.29, 0.717) is 13.1 Å². The number of hydrogen-bond acceptors (Lipinski definition) is 8. The van der Waals surface area contributed by atoms with Crippen LogP contribution >= 0.6 is 0 Å². The Morgan fingerprint density at radius 1 is 1.00 bits per heavy atom. The van der Waals surface area contributed by atoms with Gasteiger partial charge in [0.25, 0.3) is 11.6 Å². The highest BCUT2D eigenvalue weighted by atomic mass is 32.2. The summed E-state index contributed by atoms with van der Waals surface area (Å²) in [4.78, 5) is 22.9. The van der Waals surface area contributed by atoms with Crippen molar-refractivity contribution in [2.45, 2.75) is 22.6 Å². The number of benzene rings is 2. The van der Waals surface area contributed by atoms with Gasteiger partial charge in [0.2, 0.25) is 10.0 Å². The van der Waals surface area contributed by atoms with E-state index in [1.807, 2.05) is 0 Å². The highest BCUT2D eigenvalue weighted by Crippen LogP contribution is 2.27. The molecule has 0 unspecified atom stereocenters. The van der Waals surface area contributed by atoms with Crippen molar-refractivity contribution in [1.29, 1.82) is 0 Å². The van der Waals surface area contributed by atoms with Crippen molar-refractivity contribution < 1.29 is 26.6 Å². The maximum Gasteiger partial charge on any atom is 0.293 e. The Bertz CT molecular complexity index is 1250. The van der Waals surface area contributed by atoms with Crippen molar-refractivity contribution in [2.24, 2.45) is 0 Å². The van der Waals surface area contributed by atoms with Gasteiger partial charge in [-0.25, -0.2) is 16.8 Å². The number of amides is 1. The van der Waals surface area contributed by atoms with Gasteiger partial charge in [-0.2, -0.15) is 4.31 Å². The van der Waals surface area contributed by atoms with Crippen LogP contribution in [0.15, 0.2) is 52.3 Å². The summed E-state index contributed by atoms with van der Waals surface area (Å²) in [5, 5.41) is 16.7. The molecule has 0 spiro atoms. The minimum Gasteiger partial charge on any atom is -0.378 e. The number of carbonyl (C=O) groups excluding carboxylic acids is 1. The Hall–Kier alpha value is -3.03. The molecule has 0 atom stereocenters. The van der Waals surface area contributed by atoms with Crippen LogP contribution in [0, 0.1) is 10.1 Å². The van der Waals surface area contributed by atoms with Crippen LogP contribution in [0.2, 0.25) is 0 Å². The molecule has 1 amide bonds. The number of anilines is 1. The van der Waals surface area contributed by atoms with Gasteiger partial charge in [0.1, 0.15) is 5.69 Å². The van der Waals surface area contributed by atoms with Gasteiger partial charge in [0.05, 0.1) is 14.7 Å². The average molecular weight is 497 g/mol. The van der Waals surface area contributed by atoms with E-state index in [4.69, 9.17) is 0 Å². The van der Waals surface area contributed by atoms with E-state index in [0.717, 1.165) is 25.2 Å². The average Bonchev–Trinajstić information content (AvgIpc) is 3.32. The molecular formula is C20H24N4O7S2. The molecule has 13 heteroatoms. The Morgan fingerprint density at radius 3 is 2.18 bits per heavy atom. The zero-order valence-electron chi connectivity index (χ0n) is 17.9. The highest BCUT2D eigenvalue weighted by Gasteiger charge is 2.27. The molecule has 1 aliphatic heterocycles. The van der Waals surface area contributed by atoms with Crippen LogP contribution in [0.1, 0.15) is 23.2 Å². The monoisotopic (exact) mass is 496 g/mol. The second-order valence-corrected chi connectivity index (χ2v) is 11.5. The predicted octanol–water partition coefficient (Wildman–Crippen LogP) is 1.62. The molecule has 0 aliphatic carbocycles. The van der Waals surface area contributed by atoms with Crippen molar-refractivity contribution in [2.75, 3.05) is 37.8 Å². The van der Waals surface area contributed by atoms with E-state index >= 15 is 0 Å². The predicted molar refractivity (Wildman–Crippen MR) is 121 cm³/mol. The smallest absolute Gasteiger partial charge is 0.293 e. The largest absolute Gasteiger partial charge is 0.378 e. The number of hydrogen-bond donors (Lipinski definition) is 2. The van der Waals surface area contributed by atoms with Crippen LogP contribution < -0.4 is 10.6 Å². The van der Waals surface area contributed by atoms with E-state index in [1.54, 1.807) is 0 Å². The lowest BCUT2D eigenvalue weighted by atomic mass is 10.2. The molecule has 1 fully saturated rings. The van der Waals surface area contributed by atoms with Gasteiger partial charge in [0, 0.05) is 44.1 Å². The summed E-state index contributed by atoms with van der Waals surface area (Å²) in [5.41, 5.74) is 0.0102. The summed E-state index contributed by atoms with van der Waals surface area (Å²) in [6.45, 7) is 1.25. The first-order valence-electron chi connectivity index (χ1n) is 10.1. The van der Waals surface area contributed by atoms with Gasteiger partial charge in [0.15, 0.2) is 9.84 Å². The number of nitro benzene ring substituents is 1. The summed E-state index contributed by atoms with van der Waals surface area (Å²) in [7, 11) is -7.15. The second-order valence-electron chi connectivity index (χ2n) is 7.53. The fourth-order valence-corrected chi connectivity index (χ4v) is 5.53. The molecule has 0 radical (unpaired) electrons. The number of rotatable bonds is 9. The molecule has 1 heterocycles. The molecule has 3 rings (SSSR count). The van der Waals surface area contributed by atoms with Gasteiger partial charge in [-0.15, -0.1) is 0 Å². The van der Waals surface area contributed by atoms with Crippen LogP contribution in [0.25, 0.3) is 0 Å².